The van der Waals surface area contributed by atoms with E-state index in [1.165, 1.54) is 0 Å². The summed E-state index contributed by atoms with van der Waals surface area (Å²) in [4.78, 5) is 19.9. The number of aromatic carboxylic acids is 1. The summed E-state index contributed by atoms with van der Waals surface area (Å²) in [7, 11) is 0. The van der Waals surface area contributed by atoms with Gasteiger partial charge in [-0.05, 0) is 30.3 Å². The van der Waals surface area contributed by atoms with Crippen molar-refractivity contribution < 1.29 is 9.90 Å². The lowest BCUT2D eigenvalue weighted by molar-refractivity contribution is 0.0699. The molecule has 0 unspecified atom stereocenters. The van der Waals surface area contributed by atoms with Gasteiger partial charge >= 0.3 is 5.97 Å². The zero-order chi connectivity index (χ0) is 14.1. The predicted octanol–water partition coefficient (Wildman–Crippen LogP) is 3.65. The standard InChI is InChI=1S/C15H9ClN2O2/c16-10-3-4-11-12(15(19)20)7-13(18-14(11)6-10)9-2-1-5-17-8-9/h1-8H,(H,19,20). The highest BCUT2D eigenvalue weighted by Crippen LogP contribution is 2.26. The molecule has 1 aromatic carbocycles. The molecule has 0 atom stereocenters. The van der Waals surface area contributed by atoms with Crippen LogP contribution in [0.25, 0.3) is 22.2 Å². The molecule has 2 heterocycles. The number of benzene rings is 1. The highest BCUT2D eigenvalue weighted by atomic mass is 35.5. The van der Waals surface area contributed by atoms with E-state index >= 15 is 0 Å². The number of aromatic nitrogens is 2. The fourth-order valence-corrected chi connectivity index (χ4v) is 2.21. The van der Waals surface area contributed by atoms with Gasteiger partial charge in [0.1, 0.15) is 0 Å². The van der Waals surface area contributed by atoms with E-state index in [0.717, 1.165) is 5.56 Å². The minimum Gasteiger partial charge on any atom is -0.478 e. The van der Waals surface area contributed by atoms with Crippen molar-refractivity contribution in [3.05, 3.63) is 59.4 Å². The van der Waals surface area contributed by atoms with E-state index in [9.17, 15) is 9.90 Å². The largest absolute Gasteiger partial charge is 0.478 e. The zero-order valence-corrected chi connectivity index (χ0v) is 11.0. The molecule has 0 aliphatic rings. The second-order valence-electron chi connectivity index (χ2n) is 4.26. The minimum absolute atomic E-state index is 0.200. The van der Waals surface area contributed by atoms with Crippen molar-refractivity contribution >= 4 is 28.5 Å². The molecule has 0 fully saturated rings. The maximum absolute atomic E-state index is 11.4. The normalized spacial score (nSPS) is 10.7. The molecule has 0 bridgehead atoms. The Hall–Kier alpha value is -2.46. The first-order valence-electron chi connectivity index (χ1n) is 5.89. The molecule has 1 N–H and O–H groups in total. The van der Waals surface area contributed by atoms with Crippen molar-refractivity contribution in [2.24, 2.45) is 0 Å². The Morgan fingerprint density at radius 3 is 2.75 bits per heavy atom. The molecule has 0 radical (unpaired) electrons. The third-order valence-corrected chi connectivity index (χ3v) is 3.19. The summed E-state index contributed by atoms with van der Waals surface area (Å²) in [5.41, 5.74) is 2.07. The number of nitrogens with zero attached hydrogens (tertiary/aromatic N) is 2. The number of carbonyl (C=O) groups is 1. The summed E-state index contributed by atoms with van der Waals surface area (Å²) in [5.74, 6) is -0.995. The van der Waals surface area contributed by atoms with Crippen LogP contribution in [0.15, 0.2) is 48.8 Å². The number of carboxylic acid groups (broad SMARTS) is 1. The molecule has 0 spiro atoms. The Balaban J connectivity index is 2.32. The van der Waals surface area contributed by atoms with E-state index < -0.39 is 5.97 Å². The van der Waals surface area contributed by atoms with Gasteiger partial charge in [-0.15, -0.1) is 0 Å². The van der Waals surface area contributed by atoms with Crippen molar-refractivity contribution in [2.45, 2.75) is 0 Å². The molecule has 5 heteroatoms. The Kier molecular flexibility index (Phi) is 3.08. The van der Waals surface area contributed by atoms with E-state index in [1.54, 1.807) is 42.7 Å². The van der Waals surface area contributed by atoms with Gasteiger partial charge in [-0.25, -0.2) is 9.78 Å². The van der Waals surface area contributed by atoms with Gasteiger partial charge in [0, 0.05) is 28.4 Å². The monoisotopic (exact) mass is 284 g/mol. The van der Waals surface area contributed by atoms with Gasteiger partial charge in [0.25, 0.3) is 0 Å². The first-order chi connectivity index (χ1) is 9.65. The second kappa shape index (κ2) is 4.90. The summed E-state index contributed by atoms with van der Waals surface area (Å²) in [5, 5.41) is 10.4. The van der Waals surface area contributed by atoms with Crippen molar-refractivity contribution in [3.8, 4) is 11.3 Å². The average molecular weight is 285 g/mol. The van der Waals surface area contributed by atoms with Crippen LogP contribution in [0, 0.1) is 0 Å². The molecule has 0 amide bonds. The first kappa shape index (κ1) is 12.6. The minimum atomic E-state index is -0.995. The van der Waals surface area contributed by atoms with Crippen LogP contribution < -0.4 is 0 Å². The average Bonchev–Trinajstić information content (AvgIpc) is 2.46. The van der Waals surface area contributed by atoms with Crippen LogP contribution in [0.3, 0.4) is 0 Å². The van der Waals surface area contributed by atoms with Crippen LogP contribution in [0.2, 0.25) is 5.02 Å². The van der Waals surface area contributed by atoms with Crippen molar-refractivity contribution in [1.29, 1.82) is 0 Å². The molecular formula is C15H9ClN2O2. The summed E-state index contributed by atoms with van der Waals surface area (Å²) in [6.45, 7) is 0. The summed E-state index contributed by atoms with van der Waals surface area (Å²) in [6.07, 6.45) is 3.30. The third-order valence-electron chi connectivity index (χ3n) is 2.96. The van der Waals surface area contributed by atoms with Crippen LogP contribution in [-0.2, 0) is 0 Å². The predicted molar refractivity (Wildman–Crippen MR) is 76.9 cm³/mol. The van der Waals surface area contributed by atoms with Gasteiger partial charge in [-0.1, -0.05) is 17.7 Å². The van der Waals surface area contributed by atoms with E-state index in [-0.39, 0.29) is 5.56 Å². The van der Waals surface area contributed by atoms with E-state index in [0.29, 0.717) is 21.6 Å². The van der Waals surface area contributed by atoms with Gasteiger partial charge in [0.2, 0.25) is 0 Å². The van der Waals surface area contributed by atoms with E-state index in [1.807, 2.05) is 6.07 Å². The smallest absolute Gasteiger partial charge is 0.336 e. The third kappa shape index (κ3) is 2.21. The van der Waals surface area contributed by atoms with Crippen molar-refractivity contribution in [1.82, 2.24) is 9.97 Å². The molecule has 3 rings (SSSR count). The van der Waals surface area contributed by atoms with Gasteiger partial charge in [0.15, 0.2) is 0 Å². The highest BCUT2D eigenvalue weighted by Gasteiger charge is 2.13. The topological polar surface area (TPSA) is 63.1 Å². The molecule has 3 aromatic rings. The molecule has 0 saturated heterocycles. The van der Waals surface area contributed by atoms with Gasteiger partial charge in [-0.3, -0.25) is 4.98 Å². The molecular weight excluding hydrogens is 276 g/mol. The number of fused-ring (bicyclic) bond motifs is 1. The van der Waals surface area contributed by atoms with Gasteiger partial charge in [0.05, 0.1) is 16.8 Å². The summed E-state index contributed by atoms with van der Waals surface area (Å²) < 4.78 is 0. The van der Waals surface area contributed by atoms with Gasteiger partial charge in [-0.2, -0.15) is 0 Å². The molecule has 0 aliphatic carbocycles. The quantitative estimate of drug-likeness (QED) is 0.780. The molecule has 0 saturated carbocycles. The second-order valence-corrected chi connectivity index (χ2v) is 4.70. The number of halogens is 1. The molecule has 2 aromatic heterocycles. The number of hydrogen-bond acceptors (Lipinski definition) is 3. The van der Waals surface area contributed by atoms with Crippen molar-refractivity contribution in [2.75, 3.05) is 0 Å². The highest BCUT2D eigenvalue weighted by molar-refractivity contribution is 6.31. The Bertz CT molecular complexity index is 804. The van der Waals surface area contributed by atoms with Crippen molar-refractivity contribution in [3.63, 3.8) is 0 Å². The fraction of sp³-hybridized carbons (Fsp3) is 0. The summed E-state index contributed by atoms with van der Waals surface area (Å²) in [6, 6.07) is 10.1. The van der Waals surface area contributed by atoms with Crippen LogP contribution in [0.4, 0.5) is 0 Å². The lowest BCUT2D eigenvalue weighted by Crippen LogP contribution is -2.00. The van der Waals surface area contributed by atoms with Gasteiger partial charge < -0.3 is 5.11 Å². The van der Waals surface area contributed by atoms with E-state index in [2.05, 4.69) is 9.97 Å². The van der Waals surface area contributed by atoms with Crippen LogP contribution >= 0.6 is 11.6 Å². The fourth-order valence-electron chi connectivity index (χ4n) is 2.04. The number of hydrogen-bond donors (Lipinski definition) is 1. The Labute approximate surface area is 119 Å². The zero-order valence-electron chi connectivity index (χ0n) is 10.2. The van der Waals surface area contributed by atoms with Crippen LogP contribution in [0.5, 0.6) is 0 Å². The number of rotatable bonds is 2. The molecule has 4 nitrogen and oxygen atoms in total. The van der Waals surface area contributed by atoms with Crippen LogP contribution in [-0.4, -0.2) is 21.0 Å². The van der Waals surface area contributed by atoms with Crippen LogP contribution in [0.1, 0.15) is 10.4 Å². The molecule has 20 heavy (non-hydrogen) atoms. The lowest BCUT2D eigenvalue weighted by atomic mass is 10.1. The number of pyridine rings is 2. The Morgan fingerprint density at radius 2 is 2.05 bits per heavy atom. The lowest BCUT2D eigenvalue weighted by Gasteiger charge is -2.07. The van der Waals surface area contributed by atoms with E-state index in [4.69, 9.17) is 11.6 Å². The maximum atomic E-state index is 11.4. The Morgan fingerprint density at radius 1 is 1.20 bits per heavy atom. The SMILES string of the molecule is O=C(O)c1cc(-c2cccnc2)nc2cc(Cl)ccc12. The first-order valence-corrected chi connectivity index (χ1v) is 6.27. The molecule has 0 aliphatic heterocycles. The number of carboxylic acids is 1. The maximum Gasteiger partial charge on any atom is 0.336 e. The summed E-state index contributed by atoms with van der Waals surface area (Å²) >= 11 is 5.95. The molecule has 98 valence electrons.